The number of nitrogens with zero attached hydrogens (tertiary/aromatic N) is 3. The van der Waals surface area contributed by atoms with E-state index in [-0.39, 0.29) is 6.61 Å². The van der Waals surface area contributed by atoms with Crippen molar-refractivity contribution in [3.8, 4) is 0 Å². The molecule has 0 spiro atoms. The molecule has 2 heterocycles. The summed E-state index contributed by atoms with van der Waals surface area (Å²) in [5, 5.41) is 2.91. The predicted molar refractivity (Wildman–Crippen MR) is 53.6 cm³/mol. The third kappa shape index (κ3) is 2.43. The second-order valence-corrected chi connectivity index (χ2v) is 2.87. The normalized spacial score (nSPS) is 14.3. The van der Waals surface area contributed by atoms with Crippen LogP contribution >= 0.6 is 0 Å². The van der Waals surface area contributed by atoms with Gasteiger partial charge in [-0.2, -0.15) is 0 Å². The van der Waals surface area contributed by atoms with E-state index in [2.05, 4.69) is 15.3 Å². The smallest absolute Gasteiger partial charge is 0.419 e. The zero-order valence-electron chi connectivity index (χ0n) is 7.96. The number of imidazole rings is 1. The minimum Gasteiger partial charge on any atom is -0.442 e. The Kier molecular flexibility index (Phi) is 2.77. The van der Waals surface area contributed by atoms with Crippen molar-refractivity contribution in [3.05, 3.63) is 31.0 Å². The summed E-state index contributed by atoms with van der Waals surface area (Å²) in [5.41, 5.74) is 0.738. The summed E-state index contributed by atoms with van der Waals surface area (Å²) in [5.74, 6) is 0. The van der Waals surface area contributed by atoms with Crippen LogP contribution in [0.15, 0.2) is 36.0 Å². The molecule has 0 amide bonds. The van der Waals surface area contributed by atoms with E-state index in [1.165, 1.54) is 23.3 Å². The maximum Gasteiger partial charge on any atom is 0.419 e. The van der Waals surface area contributed by atoms with Gasteiger partial charge in [-0.05, 0) is 12.3 Å². The van der Waals surface area contributed by atoms with Crippen molar-refractivity contribution in [1.29, 1.82) is 0 Å². The first kappa shape index (κ1) is 9.45. The number of aromatic nitrogens is 2. The van der Waals surface area contributed by atoms with Gasteiger partial charge in [0, 0.05) is 12.4 Å². The Morgan fingerprint density at radius 1 is 1.67 bits per heavy atom. The molecule has 0 aromatic carbocycles. The van der Waals surface area contributed by atoms with E-state index in [1.54, 1.807) is 12.3 Å². The minimum atomic E-state index is -0.456. The molecule has 0 unspecified atom stereocenters. The lowest BCUT2D eigenvalue weighted by Crippen LogP contribution is -2.20. The molecule has 1 N–H and O–H groups in total. The number of carbonyl (C=O) groups is 1. The van der Waals surface area contributed by atoms with Gasteiger partial charge in [0.1, 0.15) is 19.6 Å². The number of hydrogen-bond donors (Lipinski definition) is 1. The highest BCUT2D eigenvalue weighted by Crippen LogP contribution is 1.93. The van der Waals surface area contributed by atoms with Gasteiger partial charge in [0.25, 0.3) is 0 Å². The molecule has 0 aliphatic carbocycles. The SMILES string of the molecule is O=C(OCC1=NCNC=C1)n1ccnc1. The molecule has 15 heavy (non-hydrogen) atoms. The number of rotatable bonds is 2. The molecule has 1 aliphatic heterocycles. The average Bonchev–Trinajstić information content (AvgIpc) is 2.81. The number of hydrogen-bond acceptors (Lipinski definition) is 5. The van der Waals surface area contributed by atoms with Crippen LogP contribution < -0.4 is 5.32 Å². The molecule has 0 radical (unpaired) electrons. The van der Waals surface area contributed by atoms with Gasteiger partial charge in [-0.3, -0.25) is 4.99 Å². The zero-order chi connectivity index (χ0) is 10.5. The summed E-state index contributed by atoms with van der Waals surface area (Å²) in [4.78, 5) is 19.2. The lowest BCUT2D eigenvalue weighted by molar-refractivity contribution is 0.163. The Bertz CT molecular complexity index is 394. The maximum atomic E-state index is 11.4. The van der Waals surface area contributed by atoms with Gasteiger partial charge in [0.05, 0.1) is 5.71 Å². The molecule has 0 saturated carbocycles. The van der Waals surface area contributed by atoms with Crippen molar-refractivity contribution in [3.63, 3.8) is 0 Å². The molecule has 1 aromatic heterocycles. The Labute approximate surface area is 86.3 Å². The highest BCUT2D eigenvalue weighted by Gasteiger charge is 2.06. The molecular formula is C9H10N4O2. The summed E-state index contributed by atoms with van der Waals surface area (Å²) in [6.07, 6.45) is 7.52. The van der Waals surface area contributed by atoms with Crippen molar-refractivity contribution in [2.24, 2.45) is 4.99 Å². The quantitative estimate of drug-likeness (QED) is 0.759. The fraction of sp³-hybridized carbons (Fsp3) is 0.222. The molecule has 0 atom stereocenters. The maximum absolute atomic E-state index is 11.4. The summed E-state index contributed by atoms with van der Waals surface area (Å²) in [6, 6.07) is 0. The van der Waals surface area contributed by atoms with E-state index < -0.39 is 6.09 Å². The zero-order valence-corrected chi connectivity index (χ0v) is 7.96. The minimum absolute atomic E-state index is 0.176. The fourth-order valence-electron chi connectivity index (χ4n) is 1.08. The van der Waals surface area contributed by atoms with Crippen LogP contribution in [0, 0.1) is 0 Å². The van der Waals surface area contributed by atoms with E-state index >= 15 is 0 Å². The van der Waals surface area contributed by atoms with Gasteiger partial charge in [0.15, 0.2) is 0 Å². The van der Waals surface area contributed by atoms with Gasteiger partial charge in [-0.25, -0.2) is 14.3 Å². The number of ether oxygens (including phenoxy) is 1. The first-order valence-electron chi connectivity index (χ1n) is 4.44. The molecule has 6 nitrogen and oxygen atoms in total. The van der Waals surface area contributed by atoms with Gasteiger partial charge in [0.2, 0.25) is 0 Å². The van der Waals surface area contributed by atoms with Crippen molar-refractivity contribution in [2.75, 3.05) is 13.3 Å². The Hall–Kier alpha value is -2.11. The summed E-state index contributed by atoms with van der Waals surface area (Å²) in [7, 11) is 0. The van der Waals surface area contributed by atoms with Crippen LogP contribution in [0.1, 0.15) is 0 Å². The van der Waals surface area contributed by atoms with Crippen LogP contribution in [0.3, 0.4) is 0 Å². The second kappa shape index (κ2) is 4.41. The Balaban J connectivity index is 1.86. The van der Waals surface area contributed by atoms with Gasteiger partial charge in [-0.15, -0.1) is 0 Å². The highest BCUT2D eigenvalue weighted by atomic mass is 16.5. The van der Waals surface area contributed by atoms with Crippen LogP contribution in [-0.4, -0.2) is 34.6 Å². The monoisotopic (exact) mass is 206 g/mol. The highest BCUT2D eigenvalue weighted by molar-refractivity contribution is 5.97. The summed E-state index contributed by atoms with van der Waals surface area (Å²) in [6.45, 7) is 0.698. The fourth-order valence-corrected chi connectivity index (χ4v) is 1.08. The molecule has 6 heteroatoms. The lowest BCUT2D eigenvalue weighted by Gasteiger charge is -2.08. The summed E-state index contributed by atoms with van der Waals surface area (Å²) < 4.78 is 6.27. The summed E-state index contributed by atoms with van der Waals surface area (Å²) >= 11 is 0. The van der Waals surface area contributed by atoms with E-state index in [4.69, 9.17) is 4.74 Å². The average molecular weight is 206 g/mol. The molecule has 0 bridgehead atoms. The first-order chi connectivity index (χ1) is 7.36. The third-order valence-electron chi connectivity index (χ3n) is 1.83. The van der Waals surface area contributed by atoms with Crippen LogP contribution in [-0.2, 0) is 4.74 Å². The number of aliphatic imine (C=N–C) groups is 1. The largest absolute Gasteiger partial charge is 0.442 e. The molecule has 2 rings (SSSR count). The molecular weight excluding hydrogens is 196 g/mol. The van der Waals surface area contributed by atoms with Crippen molar-refractivity contribution in [2.45, 2.75) is 0 Å². The second-order valence-electron chi connectivity index (χ2n) is 2.87. The van der Waals surface area contributed by atoms with Crippen molar-refractivity contribution in [1.82, 2.24) is 14.9 Å². The van der Waals surface area contributed by atoms with Crippen LogP contribution in [0.25, 0.3) is 0 Å². The topological polar surface area (TPSA) is 68.5 Å². The number of nitrogens with one attached hydrogen (secondary N) is 1. The van der Waals surface area contributed by atoms with E-state index in [9.17, 15) is 4.79 Å². The first-order valence-corrected chi connectivity index (χ1v) is 4.44. The predicted octanol–water partition coefficient (Wildman–Crippen LogP) is 0.383. The lowest BCUT2D eigenvalue weighted by atomic mass is 10.3. The molecule has 78 valence electrons. The van der Waals surface area contributed by atoms with Crippen molar-refractivity contribution < 1.29 is 9.53 Å². The third-order valence-corrected chi connectivity index (χ3v) is 1.83. The molecule has 0 fully saturated rings. The van der Waals surface area contributed by atoms with E-state index in [0.717, 1.165) is 5.71 Å². The van der Waals surface area contributed by atoms with Gasteiger partial charge in [-0.1, -0.05) is 0 Å². The molecule has 1 aliphatic rings. The van der Waals surface area contributed by atoms with Gasteiger partial charge < -0.3 is 10.1 Å². The van der Waals surface area contributed by atoms with Crippen LogP contribution in [0.5, 0.6) is 0 Å². The number of carbonyl (C=O) groups excluding carboxylic acids is 1. The van der Waals surface area contributed by atoms with Crippen LogP contribution in [0.2, 0.25) is 0 Å². The Morgan fingerprint density at radius 2 is 2.60 bits per heavy atom. The van der Waals surface area contributed by atoms with Gasteiger partial charge >= 0.3 is 6.09 Å². The molecule has 0 saturated heterocycles. The molecule has 1 aromatic rings. The standard InChI is InChI=1S/C9H10N4O2/c14-9(13-4-3-11-7-13)15-5-8-1-2-10-6-12-8/h1-4,7,10H,5-6H2. The van der Waals surface area contributed by atoms with E-state index in [1.807, 2.05) is 0 Å². The van der Waals surface area contributed by atoms with E-state index in [0.29, 0.717) is 6.67 Å². The van der Waals surface area contributed by atoms with Crippen molar-refractivity contribution >= 4 is 11.8 Å². The Morgan fingerprint density at radius 3 is 3.27 bits per heavy atom. The van der Waals surface area contributed by atoms with Crippen LogP contribution in [0.4, 0.5) is 4.79 Å².